The van der Waals surface area contributed by atoms with Gasteiger partial charge in [-0.15, -0.1) is 0 Å². The van der Waals surface area contributed by atoms with Crippen LogP contribution in [0.3, 0.4) is 0 Å². The van der Waals surface area contributed by atoms with E-state index in [0.717, 1.165) is 32.1 Å². The van der Waals surface area contributed by atoms with E-state index >= 15 is 0 Å². The predicted molar refractivity (Wildman–Crippen MR) is 113 cm³/mol. The summed E-state index contributed by atoms with van der Waals surface area (Å²) >= 11 is 3.45. The molecule has 27 heavy (non-hydrogen) atoms. The number of pyridine rings is 1. The fourth-order valence-electron chi connectivity index (χ4n) is 3.39. The number of hydrogen-bond acceptors (Lipinski definition) is 2. The van der Waals surface area contributed by atoms with Crippen LogP contribution in [0.25, 0.3) is 22.0 Å². The number of nitrogens with zero attached hydrogens (tertiary/aromatic N) is 1. The molecule has 0 fully saturated rings. The number of methoxy groups -OCH3 is 1. The molecule has 0 N–H and O–H groups in total. The van der Waals surface area contributed by atoms with Gasteiger partial charge in [0.2, 0.25) is 0 Å². The summed E-state index contributed by atoms with van der Waals surface area (Å²) in [5.41, 5.74) is 3.63. The van der Waals surface area contributed by atoms with Gasteiger partial charge >= 0.3 is 0 Å². The summed E-state index contributed by atoms with van der Waals surface area (Å²) in [6.45, 7) is 0.484. The van der Waals surface area contributed by atoms with E-state index in [9.17, 15) is 4.79 Å². The van der Waals surface area contributed by atoms with E-state index in [4.69, 9.17) is 4.74 Å². The summed E-state index contributed by atoms with van der Waals surface area (Å²) in [5.74, 6) is 0.372. The third-order valence-corrected chi connectivity index (χ3v) is 5.18. The Morgan fingerprint density at radius 2 is 1.56 bits per heavy atom. The zero-order chi connectivity index (χ0) is 18.8. The minimum absolute atomic E-state index is 0.127. The predicted octanol–water partition coefficient (Wildman–Crippen LogP) is 5.49. The van der Waals surface area contributed by atoms with Crippen molar-refractivity contribution in [3.05, 3.63) is 99.3 Å². The smallest absolute Gasteiger partial charge is 0.294 e. The second-order valence-corrected chi connectivity index (χ2v) is 7.22. The molecule has 0 spiro atoms. The summed E-state index contributed by atoms with van der Waals surface area (Å²) < 4.78 is 8.39. The van der Waals surface area contributed by atoms with Crippen LogP contribution in [0.15, 0.2) is 88.1 Å². The van der Waals surface area contributed by atoms with Gasteiger partial charge in [-0.25, -0.2) is 0 Å². The highest BCUT2D eigenvalue weighted by Gasteiger charge is 2.18. The number of rotatable bonds is 4. The number of halogens is 1. The number of ether oxygens (including phenoxy) is 1. The average Bonchev–Trinajstić information content (AvgIpc) is 2.71. The number of benzene rings is 3. The summed E-state index contributed by atoms with van der Waals surface area (Å²) in [7, 11) is 1.56. The second kappa shape index (κ2) is 7.41. The molecule has 1 aromatic heterocycles. The molecule has 0 unspecified atom stereocenters. The van der Waals surface area contributed by atoms with Crippen molar-refractivity contribution >= 4 is 26.8 Å². The van der Waals surface area contributed by atoms with Crippen molar-refractivity contribution in [2.45, 2.75) is 6.54 Å². The molecule has 0 saturated carbocycles. The first-order chi connectivity index (χ1) is 13.2. The largest absolute Gasteiger partial charge is 0.491 e. The summed E-state index contributed by atoms with van der Waals surface area (Å²) in [4.78, 5) is 13.3. The molecule has 0 amide bonds. The molecule has 0 aliphatic carbocycles. The van der Waals surface area contributed by atoms with Crippen LogP contribution in [0, 0.1) is 0 Å². The van der Waals surface area contributed by atoms with Crippen LogP contribution in [-0.2, 0) is 6.54 Å². The standard InChI is InChI=1S/C23H18BrNO2/c1-27-22-21(17-7-3-2-4-8-17)19-9-5-6-10-20(19)25(23(22)26)15-16-11-13-18(24)14-12-16/h2-14H,15H2,1H3. The van der Waals surface area contributed by atoms with E-state index in [2.05, 4.69) is 15.9 Å². The molecule has 3 aromatic carbocycles. The molecule has 134 valence electrons. The van der Waals surface area contributed by atoms with Crippen molar-refractivity contribution in [3.8, 4) is 16.9 Å². The summed E-state index contributed by atoms with van der Waals surface area (Å²) in [5, 5.41) is 0.997. The Kier molecular flexibility index (Phi) is 4.82. The summed E-state index contributed by atoms with van der Waals surface area (Å²) in [6.07, 6.45) is 0. The maximum absolute atomic E-state index is 13.3. The van der Waals surface area contributed by atoms with Gasteiger partial charge in [-0.1, -0.05) is 76.6 Å². The van der Waals surface area contributed by atoms with Crippen LogP contribution in [-0.4, -0.2) is 11.7 Å². The monoisotopic (exact) mass is 419 g/mol. The first-order valence-corrected chi connectivity index (χ1v) is 9.47. The van der Waals surface area contributed by atoms with Gasteiger partial charge in [0.1, 0.15) is 0 Å². The van der Waals surface area contributed by atoms with Gasteiger partial charge in [-0.2, -0.15) is 0 Å². The maximum Gasteiger partial charge on any atom is 0.294 e. The Morgan fingerprint density at radius 3 is 2.26 bits per heavy atom. The topological polar surface area (TPSA) is 31.2 Å². The summed E-state index contributed by atoms with van der Waals surface area (Å²) in [6, 6.07) is 25.9. The van der Waals surface area contributed by atoms with Gasteiger partial charge in [0.25, 0.3) is 5.56 Å². The van der Waals surface area contributed by atoms with E-state index in [-0.39, 0.29) is 5.56 Å². The van der Waals surface area contributed by atoms with E-state index < -0.39 is 0 Å². The van der Waals surface area contributed by atoms with Crippen LogP contribution in [0.1, 0.15) is 5.56 Å². The highest BCUT2D eigenvalue weighted by Crippen LogP contribution is 2.34. The van der Waals surface area contributed by atoms with Gasteiger partial charge in [0.15, 0.2) is 5.75 Å². The van der Waals surface area contributed by atoms with E-state index in [1.54, 1.807) is 11.7 Å². The quantitative estimate of drug-likeness (QED) is 0.437. The highest BCUT2D eigenvalue weighted by atomic mass is 79.9. The molecular weight excluding hydrogens is 402 g/mol. The molecule has 0 aliphatic heterocycles. The molecule has 4 aromatic rings. The highest BCUT2D eigenvalue weighted by molar-refractivity contribution is 9.10. The lowest BCUT2D eigenvalue weighted by Gasteiger charge is -2.17. The lowest BCUT2D eigenvalue weighted by molar-refractivity contribution is 0.407. The van der Waals surface area contributed by atoms with Gasteiger partial charge < -0.3 is 9.30 Å². The third kappa shape index (κ3) is 3.28. The Labute approximate surface area is 166 Å². The lowest BCUT2D eigenvalue weighted by Crippen LogP contribution is -2.23. The van der Waals surface area contributed by atoms with Crippen molar-refractivity contribution in [1.29, 1.82) is 0 Å². The van der Waals surface area contributed by atoms with Gasteiger partial charge in [0.05, 0.1) is 19.2 Å². The van der Waals surface area contributed by atoms with Crippen LogP contribution >= 0.6 is 15.9 Å². The molecular formula is C23H18BrNO2. The average molecular weight is 420 g/mol. The minimum atomic E-state index is -0.127. The van der Waals surface area contributed by atoms with Crippen LogP contribution < -0.4 is 10.3 Å². The van der Waals surface area contributed by atoms with Crippen molar-refractivity contribution in [2.24, 2.45) is 0 Å². The van der Waals surface area contributed by atoms with E-state index in [1.807, 2.05) is 78.9 Å². The molecule has 1 heterocycles. The number of fused-ring (bicyclic) bond motifs is 1. The lowest BCUT2D eigenvalue weighted by atomic mass is 9.99. The maximum atomic E-state index is 13.3. The minimum Gasteiger partial charge on any atom is -0.491 e. The molecule has 0 aliphatic rings. The fourth-order valence-corrected chi connectivity index (χ4v) is 3.66. The third-order valence-electron chi connectivity index (χ3n) is 4.65. The zero-order valence-corrected chi connectivity index (χ0v) is 16.4. The van der Waals surface area contributed by atoms with Crippen molar-refractivity contribution in [3.63, 3.8) is 0 Å². The van der Waals surface area contributed by atoms with Gasteiger partial charge in [0, 0.05) is 15.4 Å². The van der Waals surface area contributed by atoms with Crippen LogP contribution in [0.2, 0.25) is 0 Å². The molecule has 0 bridgehead atoms. The number of para-hydroxylation sites is 1. The fraction of sp³-hybridized carbons (Fsp3) is 0.0870. The van der Waals surface area contributed by atoms with Crippen molar-refractivity contribution < 1.29 is 4.74 Å². The SMILES string of the molecule is COc1c(-c2ccccc2)c2ccccc2n(Cc2ccc(Br)cc2)c1=O. The first-order valence-electron chi connectivity index (χ1n) is 8.68. The van der Waals surface area contributed by atoms with Gasteiger partial charge in [-0.05, 0) is 29.3 Å². The van der Waals surface area contributed by atoms with Crippen LogP contribution in [0.5, 0.6) is 5.75 Å². The molecule has 0 saturated heterocycles. The number of hydrogen-bond donors (Lipinski definition) is 0. The van der Waals surface area contributed by atoms with Crippen molar-refractivity contribution in [2.75, 3.05) is 7.11 Å². The second-order valence-electron chi connectivity index (χ2n) is 6.31. The van der Waals surface area contributed by atoms with E-state index in [0.29, 0.717) is 12.3 Å². The molecule has 0 radical (unpaired) electrons. The Morgan fingerprint density at radius 1 is 0.889 bits per heavy atom. The number of aromatic nitrogens is 1. The van der Waals surface area contributed by atoms with Gasteiger partial charge in [-0.3, -0.25) is 4.79 Å². The Bertz CT molecular complexity index is 1150. The molecule has 3 nitrogen and oxygen atoms in total. The van der Waals surface area contributed by atoms with Crippen molar-refractivity contribution in [1.82, 2.24) is 4.57 Å². The van der Waals surface area contributed by atoms with Crippen LogP contribution in [0.4, 0.5) is 0 Å². The Hall–Kier alpha value is -2.85. The zero-order valence-electron chi connectivity index (χ0n) is 14.9. The molecule has 4 heteroatoms. The first kappa shape index (κ1) is 17.6. The normalized spacial score (nSPS) is 10.9. The Balaban J connectivity index is 2.00. The molecule has 4 rings (SSSR count). The van der Waals surface area contributed by atoms with E-state index in [1.165, 1.54) is 0 Å². The molecule has 0 atom stereocenters.